The van der Waals surface area contributed by atoms with Crippen LogP contribution in [-0.4, -0.2) is 10.6 Å². The molecule has 0 bridgehead atoms. The molecule has 4 heteroatoms. The third-order valence-electron chi connectivity index (χ3n) is 1.57. The van der Waals surface area contributed by atoms with Crippen molar-refractivity contribution >= 4 is 21.7 Å². The molecule has 0 unspecified atom stereocenters. The third-order valence-corrected chi connectivity index (χ3v) is 1.99. The maximum atomic E-state index is 13.0. The van der Waals surface area contributed by atoms with Crippen molar-refractivity contribution in [1.82, 2.24) is 0 Å². The SMILES string of the molecule is C[C@H](Br)C(=O)c1c(F)cccc1F. The van der Waals surface area contributed by atoms with Crippen molar-refractivity contribution in [3.8, 4) is 0 Å². The van der Waals surface area contributed by atoms with Crippen LogP contribution in [0.4, 0.5) is 8.78 Å². The number of halogens is 3. The second kappa shape index (κ2) is 3.96. The Morgan fingerprint density at radius 3 is 2.23 bits per heavy atom. The molecule has 1 nitrogen and oxygen atoms in total. The minimum atomic E-state index is -0.823. The number of ketones is 1. The highest BCUT2D eigenvalue weighted by Crippen LogP contribution is 2.16. The first-order chi connectivity index (χ1) is 6.04. The van der Waals surface area contributed by atoms with Gasteiger partial charge in [-0.05, 0) is 19.1 Å². The number of carbonyl (C=O) groups is 1. The quantitative estimate of drug-likeness (QED) is 0.581. The van der Waals surface area contributed by atoms with Gasteiger partial charge in [0, 0.05) is 0 Å². The van der Waals surface area contributed by atoms with Crippen molar-refractivity contribution < 1.29 is 13.6 Å². The molecule has 1 aromatic carbocycles. The van der Waals surface area contributed by atoms with Gasteiger partial charge < -0.3 is 0 Å². The van der Waals surface area contributed by atoms with Gasteiger partial charge in [0.25, 0.3) is 0 Å². The van der Waals surface area contributed by atoms with E-state index in [0.29, 0.717) is 0 Å². The molecule has 1 rings (SSSR count). The topological polar surface area (TPSA) is 17.1 Å². The van der Waals surface area contributed by atoms with Crippen LogP contribution in [0.3, 0.4) is 0 Å². The Hall–Kier alpha value is -0.770. The lowest BCUT2D eigenvalue weighted by Gasteiger charge is -2.04. The molecule has 0 amide bonds. The zero-order chi connectivity index (χ0) is 10.0. The van der Waals surface area contributed by atoms with E-state index in [2.05, 4.69) is 15.9 Å². The average molecular weight is 249 g/mol. The number of Topliss-reactive ketones (excluding diaryl/α,β-unsaturated/α-hetero) is 1. The van der Waals surface area contributed by atoms with Crippen LogP contribution in [0.1, 0.15) is 17.3 Å². The van der Waals surface area contributed by atoms with Crippen molar-refractivity contribution in [2.45, 2.75) is 11.8 Å². The summed E-state index contributed by atoms with van der Waals surface area (Å²) in [6, 6.07) is 3.34. The molecule has 0 radical (unpaired) electrons. The van der Waals surface area contributed by atoms with Crippen LogP contribution in [-0.2, 0) is 0 Å². The number of rotatable bonds is 2. The van der Waals surface area contributed by atoms with E-state index in [9.17, 15) is 13.6 Å². The van der Waals surface area contributed by atoms with Crippen molar-refractivity contribution in [1.29, 1.82) is 0 Å². The van der Waals surface area contributed by atoms with E-state index >= 15 is 0 Å². The zero-order valence-electron chi connectivity index (χ0n) is 6.85. The lowest BCUT2D eigenvalue weighted by molar-refractivity contribution is 0.0988. The smallest absolute Gasteiger partial charge is 0.182 e. The molecule has 0 saturated carbocycles. The summed E-state index contributed by atoms with van der Waals surface area (Å²) in [7, 11) is 0. The molecule has 0 aliphatic rings. The summed E-state index contributed by atoms with van der Waals surface area (Å²) in [5, 5.41) is 0. The summed E-state index contributed by atoms with van der Waals surface area (Å²) in [4.78, 5) is 10.7. The molecule has 0 heterocycles. The first-order valence-corrected chi connectivity index (χ1v) is 4.58. The minimum Gasteiger partial charge on any atom is -0.293 e. The lowest BCUT2D eigenvalue weighted by Crippen LogP contribution is -2.14. The van der Waals surface area contributed by atoms with Crippen LogP contribution in [0.15, 0.2) is 18.2 Å². The summed E-state index contributed by atoms with van der Waals surface area (Å²) >= 11 is 2.96. The van der Waals surface area contributed by atoms with Crippen molar-refractivity contribution in [3.63, 3.8) is 0 Å². The van der Waals surface area contributed by atoms with E-state index < -0.39 is 27.8 Å². The lowest BCUT2D eigenvalue weighted by atomic mass is 10.1. The van der Waals surface area contributed by atoms with E-state index in [1.54, 1.807) is 0 Å². The second-order valence-electron chi connectivity index (χ2n) is 2.58. The molecule has 1 atom stereocenters. The zero-order valence-corrected chi connectivity index (χ0v) is 8.44. The Labute approximate surface area is 82.9 Å². The second-order valence-corrected chi connectivity index (χ2v) is 3.95. The van der Waals surface area contributed by atoms with Gasteiger partial charge in [0.2, 0.25) is 0 Å². The standard InChI is InChI=1S/C9H7BrF2O/c1-5(10)9(13)8-6(11)3-2-4-7(8)12/h2-5H,1H3/t5-/m0/s1. The van der Waals surface area contributed by atoms with Crippen molar-refractivity contribution in [2.75, 3.05) is 0 Å². The summed E-state index contributed by atoms with van der Waals surface area (Å²) in [5.41, 5.74) is -0.480. The summed E-state index contributed by atoms with van der Waals surface area (Å²) in [6.07, 6.45) is 0. The molecule has 0 spiro atoms. The van der Waals surface area contributed by atoms with Crippen LogP contribution in [0.25, 0.3) is 0 Å². The molecule has 0 saturated heterocycles. The van der Waals surface area contributed by atoms with Gasteiger partial charge in [-0.3, -0.25) is 4.79 Å². The van der Waals surface area contributed by atoms with Gasteiger partial charge in [-0.25, -0.2) is 8.78 Å². The fraction of sp³-hybridized carbons (Fsp3) is 0.222. The molecule has 1 aromatic rings. The van der Waals surface area contributed by atoms with E-state index in [1.165, 1.54) is 13.0 Å². The number of carbonyl (C=O) groups excluding carboxylic acids is 1. The number of alkyl halides is 1. The van der Waals surface area contributed by atoms with Crippen LogP contribution >= 0.6 is 15.9 Å². The van der Waals surface area contributed by atoms with Gasteiger partial charge in [0.05, 0.1) is 10.4 Å². The summed E-state index contributed by atoms with van der Waals surface area (Å²) in [6.45, 7) is 1.52. The predicted octanol–water partition coefficient (Wildman–Crippen LogP) is 2.93. The Morgan fingerprint density at radius 1 is 1.38 bits per heavy atom. The Morgan fingerprint density at radius 2 is 1.85 bits per heavy atom. The number of hydrogen-bond acceptors (Lipinski definition) is 1. The highest BCUT2D eigenvalue weighted by Gasteiger charge is 2.20. The molecule has 13 heavy (non-hydrogen) atoms. The number of hydrogen-bond donors (Lipinski definition) is 0. The average Bonchev–Trinajstić information content (AvgIpc) is 2.03. The number of benzene rings is 1. The van der Waals surface area contributed by atoms with Gasteiger partial charge in [0.15, 0.2) is 5.78 Å². The monoisotopic (exact) mass is 248 g/mol. The van der Waals surface area contributed by atoms with Gasteiger partial charge in [-0.15, -0.1) is 0 Å². The van der Waals surface area contributed by atoms with Crippen LogP contribution in [0.2, 0.25) is 0 Å². The molecule has 0 aromatic heterocycles. The van der Waals surface area contributed by atoms with Crippen molar-refractivity contribution in [3.05, 3.63) is 35.4 Å². The molecule has 0 N–H and O–H groups in total. The summed E-state index contributed by atoms with van der Waals surface area (Å²) in [5.74, 6) is -2.23. The molecule has 0 fully saturated rings. The van der Waals surface area contributed by atoms with Crippen LogP contribution in [0.5, 0.6) is 0 Å². The minimum absolute atomic E-state index is 0.480. The van der Waals surface area contributed by atoms with E-state index in [1.807, 2.05) is 0 Å². The maximum absolute atomic E-state index is 13.0. The van der Waals surface area contributed by atoms with Gasteiger partial charge in [0.1, 0.15) is 11.6 Å². The first-order valence-electron chi connectivity index (χ1n) is 3.66. The highest BCUT2D eigenvalue weighted by molar-refractivity contribution is 9.10. The third kappa shape index (κ3) is 2.12. The van der Waals surface area contributed by atoms with Gasteiger partial charge in [-0.1, -0.05) is 22.0 Å². The van der Waals surface area contributed by atoms with Crippen LogP contribution < -0.4 is 0 Å². The van der Waals surface area contributed by atoms with Crippen molar-refractivity contribution in [2.24, 2.45) is 0 Å². The molecular weight excluding hydrogens is 242 g/mol. The fourth-order valence-electron chi connectivity index (χ4n) is 0.932. The fourth-order valence-corrected chi connectivity index (χ4v) is 1.16. The van der Waals surface area contributed by atoms with E-state index in [-0.39, 0.29) is 0 Å². The predicted molar refractivity (Wildman–Crippen MR) is 49.1 cm³/mol. The first kappa shape index (κ1) is 10.3. The molecule has 70 valence electrons. The van der Waals surface area contributed by atoms with Gasteiger partial charge in [-0.2, -0.15) is 0 Å². The highest BCUT2D eigenvalue weighted by atomic mass is 79.9. The molecule has 0 aliphatic carbocycles. The Balaban J connectivity index is 3.20. The summed E-state index contributed by atoms with van der Waals surface area (Å²) < 4.78 is 26.0. The molecular formula is C9H7BrF2O. The van der Waals surface area contributed by atoms with Crippen LogP contribution in [0, 0.1) is 11.6 Å². The Kier molecular flexibility index (Phi) is 3.14. The normalized spacial score (nSPS) is 12.6. The van der Waals surface area contributed by atoms with E-state index in [4.69, 9.17) is 0 Å². The molecule has 0 aliphatic heterocycles. The van der Waals surface area contributed by atoms with Gasteiger partial charge >= 0.3 is 0 Å². The Bertz CT molecular complexity index is 316. The van der Waals surface area contributed by atoms with E-state index in [0.717, 1.165) is 12.1 Å². The maximum Gasteiger partial charge on any atom is 0.182 e. The largest absolute Gasteiger partial charge is 0.293 e.